The molecule has 2 fully saturated rings. The van der Waals surface area contributed by atoms with Crippen molar-refractivity contribution >= 4 is 105 Å². The van der Waals surface area contributed by atoms with E-state index in [0.29, 0.717) is 90.9 Å². The minimum Gasteiger partial charge on any atom is -0.394 e. The lowest BCUT2D eigenvalue weighted by Gasteiger charge is -2.31. The van der Waals surface area contributed by atoms with Crippen molar-refractivity contribution in [3.8, 4) is 0 Å². The molecule has 2 aliphatic heterocycles. The molecule has 634 valence electrons. The van der Waals surface area contributed by atoms with E-state index in [0.717, 1.165) is 29.2 Å². The van der Waals surface area contributed by atoms with Gasteiger partial charge in [-0.1, -0.05) is 161 Å². The van der Waals surface area contributed by atoms with Crippen molar-refractivity contribution in [1.82, 2.24) is 67.9 Å². The zero-order chi connectivity index (χ0) is 85.4. The monoisotopic (exact) mass is 1640 g/mol. The van der Waals surface area contributed by atoms with E-state index < -0.39 is 132 Å². The number of halogens is 1. The molecule has 0 aromatic heterocycles. The lowest BCUT2D eigenvalue weighted by molar-refractivity contribution is -0.142. The number of carbonyl (C=O) groups excluding carboxylic acids is 12. The molecule has 14 amide bonds. The molecule has 33 heteroatoms. The summed E-state index contributed by atoms with van der Waals surface area (Å²) in [4.78, 5) is 177. The Hall–Kier alpha value is -11.7. The van der Waals surface area contributed by atoms with Gasteiger partial charge in [-0.2, -0.15) is 0 Å². The van der Waals surface area contributed by atoms with Gasteiger partial charge in [0, 0.05) is 88.6 Å². The number of hydrogen-bond donors (Lipinski definition) is 16. The Morgan fingerprint density at radius 2 is 0.975 bits per heavy atom. The second kappa shape index (κ2) is 46.3. The van der Waals surface area contributed by atoms with Crippen molar-refractivity contribution in [2.75, 3.05) is 64.4 Å². The van der Waals surface area contributed by atoms with Gasteiger partial charge in [-0.3, -0.25) is 58.3 Å². The minimum atomic E-state index is -1.83. The molecular formula is C85H113ClN18O14. The van der Waals surface area contributed by atoms with Gasteiger partial charge in [0.05, 0.1) is 19.8 Å². The van der Waals surface area contributed by atoms with Gasteiger partial charge in [-0.05, 0) is 126 Å². The number of rotatable bonds is 43. The number of nitrogens with one attached hydrogen (secondary N) is 12. The lowest BCUT2D eigenvalue weighted by atomic mass is 9.99. The summed E-state index contributed by atoms with van der Waals surface area (Å²) in [6.45, 7) is 12.2. The van der Waals surface area contributed by atoms with E-state index in [9.17, 15) is 38.7 Å². The average molecular weight is 1650 g/mol. The van der Waals surface area contributed by atoms with Crippen LogP contribution in [-0.4, -0.2) is 216 Å². The molecule has 2 heterocycles. The molecule has 0 unspecified atom stereocenters. The zero-order valence-corrected chi connectivity index (χ0v) is 68.2. The molecule has 32 nitrogen and oxygen atoms in total. The number of nitrogens with two attached hydrogens (primary N) is 3. The molecule has 8 rings (SSSR count). The molecule has 10 atom stereocenters. The molecule has 0 bridgehead atoms. The average Bonchev–Trinajstić information content (AvgIpc) is 1.38. The summed E-state index contributed by atoms with van der Waals surface area (Å²) in [5.74, 6) is -9.06. The molecule has 0 radical (unpaired) electrons. The quantitative estimate of drug-likeness (QED) is 0.0148. The van der Waals surface area contributed by atoms with Gasteiger partial charge in [-0.15, -0.1) is 0 Å². The maximum atomic E-state index is 15.6. The molecule has 19 N–H and O–H groups in total. The molecule has 2 saturated heterocycles. The van der Waals surface area contributed by atoms with E-state index in [1.54, 1.807) is 116 Å². The molecule has 118 heavy (non-hydrogen) atoms. The molecule has 0 spiro atoms. The number of carbonyl (C=O) groups is 12. The van der Waals surface area contributed by atoms with Crippen molar-refractivity contribution in [3.05, 3.63) is 184 Å². The van der Waals surface area contributed by atoms with Crippen LogP contribution in [0.4, 0.5) is 15.3 Å². The van der Waals surface area contributed by atoms with Crippen molar-refractivity contribution in [2.24, 2.45) is 23.1 Å². The summed E-state index contributed by atoms with van der Waals surface area (Å²) in [6.07, 6.45) is 1.31. The number of amides is 14. The van der Waals surface area contributed by atoms with E-state index in [1.807, 2.05) is 62.4 Å². The first-order valence-corrected chi connectivity index (χ1v) is 40.5. The molecule has 0 saturated carbocycles. The third kappa shape index (κ3) is 29.2. The summed E-state index contributed by atoms with van der Waals surface area (Å²) in [5.41, 5.74) is 20.8. The highest BCUT2D eigenvalue weighted by Crippen LogP contribution is 2.23. The van der Waals surface area contributed by atoms with Crippen LogP contribution in [0.3, 0.4) is 0 Å². The highest BCUT2D eigenvalue weighted by Gasteiger charge is 2.41. The van der Waals surface area contributed by atoms with Gasteiger partial charge >= 0.3 is 12.1 Å². The lowest BCUT2D eigenvalue weighted by Crippen LogP contribution is -2.62. The van der Waals surface area contributed by atoms with Crippen LogP contribution in [0.15, 0.2) is 146 Å². The SMILES string of the molecule is CCCN(CCC)C(=O)Nc1ccc(C[C@@H](NC(=O)[C@H](Cc2ccc(CN3CCOCC3)cc2)NC(=O)[C@H](CO)NC(=O)[C@@H](Cc2ccccc2)NC(=O)[C@@H](Cc2ccc(Cl)cc2)NC(=O)[C@@H](Cc2ccc3ccccc3c2)NC(N)=O)C(=O)N[C@@H](CC(C)C)C(=O)N[C@@H](CCCNC(=N)N)C(=O)N2CCC[C@H]2C(=O)N[C@H](C)C(N)=O)cc1. The topological polar surface area (TPSA) is 478 Å². The maximum Gasteiger partial charge on any atom is 0.321 e. The Morgan fingerprint density at radius 1 is 0.525 bits per heavy atom. The first-order chi connectivity index (χ1) is 56.6. The van der Waals surface area contributed by atoms with E-state index in [4.69, 9.17) is 38.9 Å². The van der Waals surface area contributed by atoms with Gasteiger partial charge < -0.3 is 95.3 Å². The fourth-order valence-corrected chi connectivity index (χ4v) is 14.2. The summed E-state index contributed by atoms with van der Waals surface area (Å²) in [7, 11) is 0. The highest BCUT2D eigenvalue weighted by atomic mass is 35.5. The van der Waals surface area contributed by atoms with Crippen LogP contribution >= 0.6 is 11.6 Å². The number of hydrogen-bond acceptors (Lipinski definition) is 16. The van der Waals surface area contributed by atoms with E-state index in [-0.39, 0.29) is 88.8 Å². The van der Waals surface area contributed by atoms with Gasteiger partial charge in [0.2, 0.25) is 59.1 Å². The third-order valence-corrected chi connectivity index (χ3v) is 20.6. The van der Waals surface area contributed by atoms with E-state index >= 15 is 24.0 Å². The van der Waals surface area contributed by atoms with E-state index in [2.05, 4.69) is 63.4 Å². The van der Waals surface area contributed by atoms with Gasteiger partial charge in [0.25, 0.3) is 0 Å². The predicted molar refractivity (Wildman–Crippen MR) is 448 cm³/mol. The number of primary amides is 2. The van der Waals surface area contributed by atoms with Crippen LogP contribution in [0.2, 0.25) is 5.02 Å². The van der Waals surface area contributed by atoms with Crippen LogP contribution in [0, 0.1) is 11.3 Å². The number of likely N-dealkylation sites (tertiary alicyclic amines) is 1. The Morgan fingerprint density at radius 3 is 1.49 bits per heavy atom. The molecule has 6 aromatic rings. The normalized spacial score (nSPS) is 15.7. The van der Waals surface area contributed by atoms with E-state index in [1.165, 1.54) is 11.8 Å². The standard InChI is InChI=1S/C85H113ClN18O14/c1-6-36-103(37-7-2)85(117)93-63-33-28-57(29-34-63)48-68(75(108)95-65(43-52(3)4)74(107)94-64(19-13-35-91-83(88)89)82(115)104-38-14-20-72(104)81(114)92-53(5)73(87)106)97-77(110)69(46-55-21-23-58(24-22-55)50-102-39-41-118-42-40-102)99-80(113)71(51-105)100-78(111)66(45-54-15-9-8-10-16-54)96-76(109)67(47-56-26-31-62(86)32-27-56)98-79(112)70(101-84(90)116)49-59-25-30-60-17-11-12-18-61(60)44-59/h8-12,15-18,21-34,44,52-53,64-72,105H,6-7,13-14,19-20,35-43,45-51H2,1-5H3,(H2,87,106)(H,92,114)(H,93,117)(H,94,107)(H,95,108)(H,96,109)(H,97,110)(H,98,112)(H,99,113)(H,100,111)(H4,88,89,91)(H3,90,101,116)/t53-,64+,65+,66-,67-,68-,69+,70-,71+,72+/m1/s1. The predicted octanol–water partition coefficient (Wildman–Crippen LogP) is 3.21. The van der Waals surface area contributed by atoms with Gasteiger partial charge in [-0.25, -0.2) is 9.59 Å². The fraction of sp³-hybridized carbons (Fsp3) is 0.447. The number of nitrogens with zero attached hydrogens (tertiary/aromatic N) is 3. The Bertz CT molecular complexity index is 4400. The smallest absolute Gasteiger partial charge is 0.321 e. The summed E-state index contributed by atoms with van der Waals surface area (Å²) in [6, 6.07) is 26.5. The van der Waals surface area contributed by atoms with Crippen molar-refractivity contribution in [1.29, 1.82) is 5.41 Å². The molecule has 0 aliphatic carbocycles. The third-order valence-electron chi connectivity index (χ3n) is 20.3. The summed E-state index contributed by atoms with van der Waals surface area (Å²) < 4.78 is 5.57. The zero-order valence-electron chi connectivity index (χ0n) is 67.5. The number of aliphatic hydroxyl groups is 1. The van der Waals surface area contributed by atoms with Gasteiger partial charge in [0.15, 0.2) is 5.96 Å². The fourth-order valence-electron chi connectivity index (χ4n) is 14.1. The van der Waals surface area contributed by atoms with Crippen LogP contribution in [0.5, 0.6) is 0 Å². The highest BCUT2D eigenvalue weighted by molar-refractivity contribution is 6.30. The Balaban J connectivity index is 1.10. The number of ether oxygens (including phenoxy) is 1. The van der Waals surface area contributed by atoms with Crippen LogP contribution < -0.4 is 75.7 Å². The van der Waals surface area contributed by atoms with Gasteiger partial charge in [0.1, 0.15) is 60.4 Å². The van der Waals surface area contributed by atoms with Crippen LogP contribution in [0.1, 0.15) is 113 Å². The van der Waals surface area contributed by atoms with Crippen LogP contribution in [0.25, 0.3) is 10.8 Å². The van der Waals surface area contributed by atoms with Crippen molar-refractivity contribution in [2.45, 2.75) is 179 Å². The van der Waals surface area contributed by atoms with Crippen LogP contribution in [-0.2, 0) is 91.3 Å². The molecule has 2 aliphatic rings. The number of urea groups is 2. The van der Waals surface area contributed by atoms with Crippen molar-refractivity contribution in [3.63, 3.8) is 0 Å². The summed E-state index contributed by atoms with van der Waals surface area (Å²) >= 11 is 6.28. The number of fused-ring (bicyclic) bond motifs is 1. The Labute approximate surface area is 692 Å². The summed E-state index contributed by atoms with van der Waals surface area (Å²) in [5, 5.41) is 51.2. The number of morpholine rings is 1. The maximum absolute atomic E-state index is 15.6. The van der Waals surface area contributed by atoms with Crippen molar-refractivity contribution < 1.29 is 67.4 Å². The Kier molecular flexibility index (Phi) is 36.0. The first-order valence-electron chi connectivity index (χ1n) is 40.1. The minimum absolute atomic E-state index is 0.0128. The number of anilines is 1. The second-order valence-corrected chi connectivity index (χ2v) is 30.7. The number of benzene rings is 6. The molecular weight excluding hydrogens is 1530 g/mol. The number of aliphatic hydroxyl groups excluding tert-OH is 1. The molecule has 6 aromatic carbocycles. The second-order valence-electron chi connectivity index (χ2n) is 30.2. The first kappa shape index (κ1) is 91.8. The number of guanidine groups is 1. The largest absolute Gasteiger partial charge is 0.394 e.